The quantitative estimate of drug-likeness (QED) is 0.728. The van der Waals surface area contributed by atoms with Gasteiger partial charge in [-0.05, 0) is 22.6 Å². The van der Waals surface area contributed by atoms with E-state index in [2.05, 4.69) is 0 Å². The Balaban J connectivity index is 2.37. The van der Waals surface area contributed by atoms with Gasteiger partial charge in [-0.1, -0.05) is 54.6 Å². The largest absolute Gasteiger partial charge is 0.507 e. The summed E-state index contributed by atoms with van der Waals surface area (Å²) in [6.45, 7) is -0.0946. The monoisotopic (exact) mass is 250 g/mol. The summed E-state index contributed by atoms with van der Waals surface area (Å²) in [6.07, 6.45) is 0. The first-order valence-electron chi connectivity index (χ1n) is 6.21. The van der Waals surface area contributed by atoms with Crippen LogP contribution in [0.1, 0.15) is 5.56 Å². The Hall–Kier alpha value is -2.32. The molecule has 0 bridgehead atoms. The van der Waals surface area contributed by atoms with Crippen LogP contribution in [0.25, 0.3) is 21.9 Å². The van der Waals surface area contributed by atoms with Crippen LogP contribution in [0.15, 0.2) is 60.7 Å². The Morgan fingerprint density at radius 3 is 2.26 bits per heavy atom. The van der Waals surface area contributed by atoms with Gasteiger partial charge in [0, 0.05) is 10.9 Å². The third-order valence-corrected chi connectivity index (χ3v) is 3.34. The fourth-order valence-electron chi connectivity index (χ4n) is 2.44. The summed E-state index contributed by atoms with van der Waals surface area (Å²) in [5, 5.41) is 21.8. The first-order valence-corrected chi connectivity index (χ1v) is 6.21. The van der Waals surface area contributed by atoms with Crippen LogP contribution in [0, 0.1) is 0 Å². The van der Waals surface area contributed by atoms with Crippen molar-refractivity contribution in [2.45, 2.75) is 6.61 Å². The van der Waals surface area contributed by atoms with E-state index in [4.69, 9.17) is 0 Å². The maximum absolute atomic E-state index is 10.5. The fraction of sp³-hybridized carbons (Fsp3) is 0.0588. The number of benzene rings is 3. The highest BCUT2D eigenvalue weighted by atomic mass is 16.3. The van der Waals surface area contributed by atoms with Crippen molar-refractivity contribution in [3.05, 3.63) is 66.2 Å². The zero-order valence-corrected chi connectivity index (χ0v) is 10.4. The van der Waals surface area contributed by atoms with Gasteiger partial charge in [0.25, 0.3) is 0 Å². The molecule has 3 aromatic carbocycles. The van der Waals surface area contributed by atoms with Crippen LogP contribution in [0.4, 0.5) is 0 Å². The van der Waals surface area contributed by atoms with Gasteiger partial charge in [-0.2, -0.15) is 0 Å². The van der Waals surface area contributed by atoms with Crippen LogP contribution in [-0.4, -0.2) is 10.2 Å². The van der Waals surface area contributed by atoms with E-state index in [1.54, 1.807) is 0 Å². The molecule has 2 N–H and O–H groups in total. The lowest BCUT2D eigenvalue weighted by Gasteiger charge is -2.13. The van der Waals surface area contributed by atoms with E-state index in [1.165, 1.54) is 0 Å². The number of aliphatic hydroxyl groups excluding tert-OH is 1. The minimum atomic E-state index is -0.0946. The molecule has 2 heteroatoms. The summed E-state index contributed by atoms with van der Waals surface area (Å²) in [5.41, 5.74) is 2.36. The van der Waals surface area contributed by atoms with E-state index in [0.717, 1.165) is 21.9 Å². The van der Waals surface area contributed by atoms with E-state index in [1.807, 2.05) is 60.7 Å². The molecular weight excluding hydrogens is 236 g/mol. The van der Waals surface area contributed by atoms with Gasteiger partial charge in [-0.25, -0.2) is 0 Å². The molecule has 0 unspecified atom stereocenters. The number of aliphatic hydroxyl groups is 1. The lowest BCUT2D eigenvalue weighted by Crippen LogP contribution is -1.91. The van der Waals surface area contributed by atoms with Crippen molar-refractivity contribution in [3.63, 3.8) is 0 Å². The normalized spacial score (nSPS) is 10.8. The highest BCUT2D eigenvalue weighted by Crippen LogP contribution is 2.38. The minimum absolute atomic E-state index is 0.0946. The second-order valence-electron chi connectivity index (χ2n) is 4.50. The number of hydrogen-bond acceptors (Lipinski definition) is 2. The second kappa shape index (κ2) is 4.75. The third kappa shape index (κ3) is 1.96. The van der Waals surface area contributed by atoms with E-state index in [-0.39, 0.29) is 12.4 Å². The molecule has 0 heterocycles. The summed E-state index contributed by atoms with van der Waals surface area (Å²) >= 11 is 0. The molecule has 94 valence electrons. The van der Waals surface area contributed by atoms with Crippen molar-refractivity contribution in [1.82, 2.24) is 0 Å². The van der Waals surface area contributed by atoms with Gasteiger partial charge in [0.1, 0.15) is 5.75 Å². The Kier molecular flexibility index (Phi) is 2.94. The fourth-order valence-corrected chi connectivity index (χ4v) is 2.44. The van der Waals surface area contributed by atoms with Gasteiger partial charge in [0.05, 0.1) is 6.61 Å². The second-order valence-corrected chi connectivity index (χ2v) is 4.50. The van der Waals surface area contributed by atoms with Gasteiger partial charge in [-0.3, -0.25) is 0 Å². The molecule has 0 amide bonds. The molecule has 0 aliphatic rings. The molecule has 0 aliphatic heterocycles. The molecule has 0 spiro atoms. The first kappa shape index (κ1) is 11.8. The zero-order chi connectivity index (χ0) is 13.2. The molecule has 0 saturated carbocycles. The maximum Gasteiger partial charge on any atom is 0.131 e. The molecule has 0 saturated heterocycles. The van der Waals surface area contributed by atoms with Gasteiger partial charge in [0.15, 0.2) is 0 Å². The SMILES string of the molecule is OCc1cc2ccccc2c(O)c1-c1ccccc1. The molecule has 0 aromatic heterocycles. The number of phenols is 1. The molecular formula is C17H14O2. The standard InChI is InChI=1S/C17H14O2/c18-11-14-10-13-8-4-5-9-15(13)17(19)16(14)12-6-2-1-3-7-12/h1-10,18-19H,11H2. The molecule has 3 aromatic rings. The molecule has 0 atom stereocenters. The highest BCUT2D eigenvalue weighted by Gasteiger charge is 2.13. The molecule has 0 radical (unpaired) electrons. The van der Waals surface area contributed by atoms with Crippen LogP contribution < -0.4 is 0 Å². The predicted molar refractivity (Wildman–Crippen MR) is 77.0 cm³/mol. The van der Waals surface area contributed by atoms with Crippen molar-refractivity contribution in [3.8, 4) is 16.9 Å². The lowest BCUT2D eigenvalue weighted by atomic mass is 9.94. The zero-order valence-electron chi connectivity index (χ0n) is 10.4. The Labute approximate surface area is 111 Å². The van der Waals surface area contributed by atoms with Crippen molar-refractivity contribution in [2.75, 3.05) is 0 Å². The maximum atomic E-state index is 10.5. The van der Waals surface area contributed by atoms with Gasteiger partial charge >= 0.3 is 0 Å². The number of phenolic OH excluding ortho intramolecular Hbond substituents is 1. The number of fused-ring (bicyclic) bond motifs is 1. The third-order valence-electron chi connectivity index (χ3n) is 3.34. The van der Waals surface area contributed by atoms with Crippen molar-refractivity contribution in [2.24, 2.45) is 0 Å². The molecule has 0 aliphatic carbocycles. The van der Waals surface area contributed by atoms with Crippen molar-refractivity contribution < 1.29 is 10.2 Å². The van der Waals surface area contributed by atoms with Gasteiger partial charge in [-0.15, -0.1) is 0 Å². The van der Waals surface area contributed by atoms with E-state index in [0.29, 0.717) is 5.56 Å². The van der Waals surface area contributed by atoms with Crippen LogP contribution in [0.2, 0.25) is 0 Å². The van der Waals surface area contributed by atoms with E-state index < -0.39 is 0 Å². The number of hydrogen-bond donors (Lipinski definition) is 2. The van der Waals surface area contributed by atoms with Crippen LogP contribution in [0.5, 0.6) is 5.75 Å². The lowest BCUT2D eigenvalue weighted by molar-refractivity contribution is 0.282. The topological polar surface area (TPSA) is 40.5 Å². The summed E-state index contributed by atoms with van der Waals surface area (Å²) < 4.78 is 0. The summed E-state index contributed by atoms with van der Waals surface area (Å²) in [5.74, 6) is 0.230. The van der Waals surface area contributed by atoms with Crippen LogP contribution in [0.3, 0.4) is 0 Å². The van der Waals surface area contributed by atoms with Crippen molar-refractivity contribution in [1.29, 1.82) is 0 Å². The summed E-state index contributed by atoms with van der Waals surface area (Å²) in [4.78, 5) is 0. The van der Waals surface area contributed by atoms with E-state index >= 15 is 0 Å². The molecule has 19 heavy (non-hydrogen) atoms. The molecule has 3 rings (SSSR count). The average molecular weight is 250 g/mol. The van der Waals surface area contributed by atoms with Gasteiger partial charge < -0.3 is 10.2 Å². The Bertz CT molecular complexity index is 718. The minimum Gasteiger partial charge on any atom is -0.507 e. The average Bonchev–Trinajstić information content (AvgIpc) is 2.48. The number of rotatable bonds is 2. The first-order chi connectivity index (χ1) is 9.31. The van der Waals surface area contributed by atoms with E-state index in [9.17, 15) is 10.2 Å². The Morgan fingerprint density at radius 2 is 1.53 bits per heavy atom. The van der Waals surface area contributed by atoms with Crippen LogP contribution in [-0.2, 0) is 6.61 Å². The number of aromatic hydroxyl groups is 1. The predicted octanol–water partition coefficient (Wildman–Crippen LogP) is 3.70. The van der Waals surface area contributed by atoms with Crippen molar-refractivity contribution >= 4 is 10.8 Å². The van der Waals surface area contributed by atoms with Crippen LogP contribution >= 0.6 is 0 Å². The molecule has 2 nitrogen and oxygen atoms in total. The smallest absolute Gasteiger partial charge is 0.131 e. The summed E-state index contributed by atoms with van der Waals surface area (Å²) in [7, 11) is 0. The molecule has 0 fully saturated rings. The van der Waals surface area contributed by atoms with Gasteiger partial charge in [0.2, 0.25) is 0 Å². The summed E-state index contributed by atoms with van der Waals surface area (Å²) in [6, 6.07) is 19.2. The highest BCUT2D eigenvalue weighted by molar-refractivity contribution is 5.96. The Morgan fingerprint density at radius 1 is 0.842 bits per heavy atom.